The number of fused-ring (bicyclic) bond motifs is 4. The zero-order valence-corrected chi connectivity index (χ0v) is 20.9. The molecule has 1 N–H and O–H groups in total. The van der Waals surface area contributed by atoms with Gasteiger partial charge in [0.25, 0.3) is 0 Å². The highest BCUT2D eigenvalue weighted by Gasteiger charge is 2.55. The normalized spacial score (nSPS) is 26.2. The van der Waals surface area contributed by atoms with Crippen LogP contribution in [0.4, 0.5) is 15.9 Å². The van der Waals surface area contributed by atoms with Gasteiger partial charge in [0.15, 0.2) is 11.0 Å². The van der Waals surface area contributed by atoms with Gasteiger partial charge in [-0.25, -0.2) is 9.78 Å². The number of esters is 1. The summed E-state index contributed by atoms with van der Waals surface area (Å²) in [5.41, 5.74) is -0.0362. The van der Waals surface area contributed by atoms with E-state index < -0.39 is 11.7 Å². The first-order valence-electron chi connectivity index (χ1n) is 11.8. The summed E-state index contributed by atoms with van der Waals surface area (Å²) in [6, 6.07) is 0.514. The molecular weight excluding hydrogens is 458 g/mol. The number of carbonyl (C=O) groups excluding carboxylic acids is 2. The lowest BCUT2D eigenvalue weighted by Gasteiger charge is -2.50. The highest BCUT2D eigenvalue weighted by molar-refractivity contribution is 7.15. The van der Waals surface area contributed by atoms with Gasteiger partial charge in [-0.15, -0.1) is 0 Å². The van der Waals surface area contributed by atoms with Crippen molar-refractivity contribution >= 4 is 34.5 Å². The number of methoxy groups -OCH3 is 1. The van der Waals surface area contributed by atoms with Crippen molar-refractivity contribution in [2.24, 2.45) is 5.41 Å². The Bertz CT molecular complexity index is 1080. The fraction of sp³-hybridized carbons (Fsp3) is 0.696. The maximum Gasteiger partial charge on any atom is 0.413 e. The molecule has 1 aliphatic heterocycles. The molecule has 34 heavy (non-hydrogen) atoms. The van der Waals surface area contributed by atoms with Gasteiger partial charge in [0, 0.05) is 23.3 Å². The molecule has 10 nitrogen and oxygen atoms in total. The largest absolute Gasteiger partial charge is 0.469 e. The van der Waals surface area contributed by atoms with Crippen molar-refractivity contribution in [3.05, 3.63) is 16.4 Å². The molecule has 0 aromatic carbocycles. The Balaban J connectivity index is 1.25. The summed E-state index contributed by atoms with van der Waals surface area (Å²) < 4.78 is 16.1. The molecule has 184 valence electrons. The van der Waals surface area contributed by atoms with E-state index in [0.717, 1.165) is 61.3 Å². The van der Waals surface area contributed by atoms with Crippen LogP contribution in [0.1, 0.15) is 75.7 Å². The molecule has 0 atom stereocenters. The van der Waals surface area contributed by atoms with Crippen molar-refractivity contribution in [2.75, 3.05) is 23.9 Å². The van der Waals surface area contributed by atoms with Crippen molar-refractivity contribution < 1.29 is 23.6 Å². The third-order valence-electron chi connectivity index (χ3n) is 7.36. The van der Waals surface area contributed by atoms with E-state index in [4.69, 9.17) is 19.0 Å². The Labute approximate surface area is 202 Å². The van der Waals surface area contributed by atoms with E-state index in [1.165, 1.54) is 18.4 Å². The lowest BCUT2D eigenvalue weighted by molar-refractivity contribution is -0.160. The number of hydrogen-bond donors (Lipinski definition) is 1. The smallest absolute Gasteiger partial charge is 0.413 e. The standard InChI is InChI=1S/C23H31N5O5S/c1-21(2,3)32-20(30)26-18-24-14-5-12-28(13-15(14)34-18)19-25-16(27-33-19)22-6-9-23(10-7-22,11-8-22)17(29)31-4/h5-13H2,1-4H3,(H,24,26,30). The molecule has 3 fully saturated rings. The van der Waals surface area contributed by atoms with Crippen LogP contribution in [0, 0.1) is 5.41 Å². The molecule has 2 aromatic heterocycles. The van der Waals surface area contributed by atoms with Gasteiger partial charge in [-0.3, -0.25) is 10.1 Å². The van der Waals surface area contributed by atoms with Gasteiger partial charge in [-0.1, -0.05) is 16.5 Å². The van der Waals surface area contributed by atoms with Crippen molar-refractivity contribution in [1.82, 2.24) is 15.1 Å². The van der Waals surface area contributed by atoms with Crippen LogP contribution in [0.25, 0.3) is 0 Å². The van der Waals surface area contributed by atoms with Crippen LogP contribution in [0.3, 0.4) is 0 Å². The molecule has 6 rings (SSSR count). The molecule has 1 amide bonds. The van der Waals surface area contributed by atoms with Crippen LogP contribution < -0.4 is 10.2 Å². The minimum Gasteiger partial charge on any atom is -0.469 e. The van der Waals surface area contributed by atoms with Crippen LogP contribution in [0.5, 0.6) is 0 Å². The highest BCUT2D eigenvalue weighted by atomic mass is 32.1. The first kappa shape index (κ1) is 23.1. The summed E-state index contributed by atoms with van der Waals surface area (Å²) in [4.78, 5) is 36.9. The Morgan fingerprint density at radius 1 is 1.12 bits per heavy atom. The number of hydrogen-bond acceptors (Lipinski definition) is 10. The predicted octanol–water partition coefficient (Wildman–Crippen LogP) is 4.20. The lowest BCUT2D eigenvalue weighted by Crippen LogP contribution is -2.48. The number of carbonyl (C=O) groups is 2. The Kier molecular flexibility index (Phi) is 5.57. The number of ether oxygens (including phenoxy) is 2. The summed E-state index contributed by atoms with van der Waals surface area (Å²) in [6.07, 6.45) is 5.28. The van der Waals surface area contributed by atoms with Crippen molar-refractivity contribution in [3.63, 3.8) is 0 Å². The van der Waals surface area contributed by atoms with E-state index in [9.17, 15) is 9.59 Å². The monoisotopic (exact) mass is 489 g/mol. The van der Waals surface area contributed by atoms with E-state index in [0.29, 0.717) is 24.2 Å². The number of nitrogens with one attached hydrogen (secondary N) is 1. The molecule has 11 heteroatoms. The zero-order valence-electron chi connectivity index (χ0n) is 20.1. The van der Waals surface area contributed by atoms with Crippen molar-refractivity contribution in [3.8, 4) is 0 Å². The van der Waals surface area contributed by atoms with E-state index in [-0.39, 0.29) is 16.8 Å². The molecule has 0 saturated heterocycles. The summed E-state index contributed by atoms with van der Waals surface area (Å²) in [7, 11) is 1.47. The summed E-state index contributed by atoms with van der Waals surface area (Å²) in [5.74, 6) is 0.673. The van der Waals surface area contributed by atoms with E-state index >= 15 is 0 Å². The first-order chi connectivity index (χ1) is 16.1. The van der Waals surface area contributed by atoms with E-state index in [2.05, 4.69) is 20.4 Å². The second-order valence-electron chi connectivity index (χ2n) is 10.6. The predicted molar refractivity (Wildman–Crippen MR) is 125 cm³/mol. The van der Waals surface area contributed by atoms with Crippen LogP contribution >= 0.6 is 11.3 Å². The van der Waals surface area contributed by atoms with Gasteiger partial charge in [0.1, 0.15) is 5.60 Å². The minimum absolute atomic E-state index is 0.0798. The average molecular weight is 490 g/mol. The topological polar surface area (TPSA) is 120 Å². The molecule has 2 bridgehead atoms. The Hall–Kier alpha value is -2.69. The first-order valence-corrected chi connectivity index (χ1v) is 12.6. The number of amides is 1. The molecule has 0 spiro atoms. The Morgan fingerprint density at radius 2 is 1.82 bits per heavy atom. The van der Waals surface area contributed by atoms with Gasteiger partial charge in [-0.2, -0.15) is 4.98 Å². The zero-order chi connectivity index (χ0) is 24.1. The van der Waals surface area contributed by atoms with Gasteiger partial charge in [-0.05, 0) is 59.3 Å². The van der Waals surface area contributed by atoms with E-state index in [1.54, 1.807) is 0 Å². The molecule has 4 aliphatic rings. The lowest BCUT2D eigenvalue weighted by atomic mass is 9.53. The molecule has 3 heterocycles. The third kappa shape index (κ3) is 4.14. The summed E-state index contributed by atoms with van der Waals surface area (Å²) in [6.45, 7) is 6.79. The summed E-state index contributed by atoms with van der Waals surface area (Å²) >= 11 is 1.44. The van der Waals surface area contributed by atoms with Crippen LogP contribution in [-0.4, -0.2) is 46.4 Å². The van der Waals surface area contributed by atoms with Crippen molar-refractivity contribution in [1.29, 1.82) is 0 Å². The average Bonchev–Trinajstić information content (AvgIpc) is 3.45. The van der Waals surface area contributed by atoms with E-state index in [1.807, 2.05) is 20.8 Å². The number of aromatic nitrogens is 3. The van der Waals surface area contributed by atoms with Crippen LogP contribution in [-0.2, 0) is 32.6 Å². The Morgan fingerprint density at radius 3 is 2.47 bits per heavy atom. The summed E-state index contributed by atoms with van der Waals surface area (Å²) in [5, 5.41) is 7.64. The fourth-order valence-electron chi connectivity index (χ4n) is 5.41. The fourth-order valence-corrected chi connectivity index (χ4v) is 6.42. The number of thiazole rings is 1. The molecular formula is C23H31N5O5S. The molecule has 3 saturated carbocycles. The van der Waals surface area contributed by atoms with Gasteiger partial charge < -0.3 is 18.9 Å². The van der Waals surface area contributed by atoms with Gasteiger partial charge in [0.2, 0.25) is 0 Å². The third-order valence-corrected chi connectivity index (χ3v) is 8.36. The minimum atomic E-state index is -0.565. The molecule has 2 aromatic rings. The molecule has 0 radical (unpaired) electrons. The van der Waals surface area contributed by atoms with Gasteiger partial charge in [0.05, 0.1) is 24.8 Å². The van der Waals surface area contributed by atoms with Crippen molar-refractivity contribution in [2.45, 2.75) is 83.3 Å². The second kappa shape index (κ2) is 8.21. The van der Waals surface area contributed by atoms with Gasteiger partial charge >= 0.3 is 18.1 Å². The quantitative estimate of drug-likeness (QED) is 0.630. The number of rotatable bonds is 4. The maximum atomic E-state index is 12.3. The highest BCUT2D eigenvalue weighted by Crippen LogP contribution is 2.57. The van der Waals surface area contributed by atoms with Crippen LogP contribution in [0.15, 0.2) is 4.52 Å². The van der Waals surface area contributed by atoms with Crippen LogP contribution in [0.2, 0.25) is 0 Å². The number of anilines is 2. The SMILES string of the molecule is COC(=O)C12CCC(c3noc(N4CCc5nc(NC(=O)OC(C)(C)C)sc5C4)n3)(CC1)CC2. The maximum absolute atomic E-state index is 12.3. The molecule has 3 aliphatic carbocycles. The number of nitrogens with zero attached hydrogens (tertiary/aromatic N) is 4. The molecule has 0 unspecified atom stereocenters. The second-order valence-corrected chi connectivity index (χ2v) is 11.7.